The highest BCUT2D eigenvalue weighted by Gasteiger charge is 2.22. The van der Waals surface area contributed by atoms with E-state index < -0.39 is 0 Å². The van der Waals surface area contributed by atoms with Crippen LogP contribution in [0.25, 0.3) is 13.2 Å². The fourth-order valence-corrected chi connectivity index (χ4v) is 3.64. The fraction of sp³-hybridized carbons (Fsp3) is 0.714. The minimum Gasteiger partial charge on any atom is -0.342 e. The monoisotopic (exact) mass is 303 g/mol. The smallest absolute Gasteiger partial charge is 0.0338 e. The van der Waals surface area contributed by atoms with E-state index in [2.05, 4.69) is 71.4 Å². The van der Waals surface area contributed by atoms with Gasteiger partial charge in [0.05, 0.1) is 0 Å². The average molecular weight is 304 g/mol. The summed E-state index contributed by atoms with van der Waals surface area (Å²) in [6.07, 6.45) is 6.48. The molecular weight excluding hydrogens is 266 g/mol. The van der Waals surface area contributed by atoms with Crippen LogP contribution in [0.5, 0.6) is 0 Å². The van der Waals surface area contributed by atoms with Gasteiger partial charge in [-0.25, -0.2) is 0 Å². The molecule has 0 aliphatic carbocycles. The Balaban J connectivity index is 2.44. The second kappa shape index (κ2) is 7.53. The van der Waals surface area contributed by atoms with E-state index in [1.165, 1.54) is 32.1 Å². The van der Waals surface area contributed by atoms with Crippen LogP contribution >= 0.6 is 0 Å². The second-order valence-electron chi connectivity index (χ2n) is 9.00. The molecule has 0 amide bonds. The van der Waals surface area contributed by atoms with Crippen LogP contribution in [0.1, 0.15) is 73.6 Å². The number of nitrogens with zero attached hydrogens (tertiary/aromatic N) is 1. The van der Waals surface area contributed by atoms with Crippen LogP contribution in [-0.2, 0) is 6.54 Å². The maximum absolute atomic E-state index is 4.09. The Bertz CT molecular complexity index is 517. The van der Waals surface area contributed by atoms with Crippen LogP contribution in [0.15, 0.2) is 12.1 Å². The van der Waals surface area contributed by atoms with Gasteiger partial charge < -0.3 is 4.57 Å². The van der Waals surface area contributed by atoms with Crippen LogP contribution in [0.4, 0.5) is 0 Å². The van der Waals surface area contributed by atoms with Gasteiger partial charge in [0.2, 0.25) is 0 Å². The molecule has 1 nitrogen and oxygen atoms in total. The lowest BCUT2D eigenvalue weighted by Gasteiger charge is -2.30. The first kappa shape index (κ1) is 19.1. The lowest BCUT2D eigenvalue weighted by Crippen LogP contribution is -2.27. The van der Waals surface area contributed by atoms with E-state index in [-0.39, 0.29) is 0 Å². The van der Waals surface area contributed by atoms with E-state index in [1.54, 1.807) is 0 Å². The molecule has 0 N–H and O–H groups in total. The highest BCUT2D eigenvalue weighted by molar-refractivity contribution is 5.08. The molecule has 1 rings (SSSR count). The van der Waals surface area contributed by atoms with Gasteiger partial charge in [-0.15, -0.1) is 0 Å². The first-order valence-electron chi connectivity index (χ1n) is 8.86. The summed E-state index contributed by atoms with van der Waals surface area (Å²) in [6, 6.07) is 4.12. The largest absolute Gasteiger partial charge is 0.342 e. The number of rotatable bonds is 9. The molecule has 1 aromatic rings. The summed E-state index contributed by atoms with van der Waals surface area (Å²) in [5, 5.41) is 2.16. The normalized spacial score (nSPS) is 13.0. The van der Waals surface area contributed by atoms with E-state index in [0.29, 0.717) is 10.8 Å². The second-order valence-corrected chi connectivity index (χ2v) is 9.00. The summed E-state index contributed by atoms with van der Waals surface area (Å²) in [7, 11) is 0. The molecule has 0 unspecified atom stereocenters. The molecule has 0 bridgehead atoms. The summed E-state index contributed by atoms with van der Waals surface area (Å²) < 4.78 is 2.24. The summed E-state index contributed by atoms with van der Waals surface area (Å²) in [4.78, 5) is 0. The van der Waals surface area contributed by atoms with E-state index in [9.17, 15) is 0 Å². The van der Waals surface area contributed by atoms with Crippen molar-refractivity contribution in [3.8, 4) is 0 Å². The minimum absolute atomic E-state index is 0.386. The summed E-state index contributed by atoms with van der Waals surface area (Å²) in [6.45, 7) is 23.5. The molecule has 1 aromatic heterocycles. The summed E-state index contributed by atoms with van der Waals surface area (Å²) in [5.41, 5.74) is 0.864. The lowest BCUT2D eigenvalue weighted by molar-refractivity contribution is 0.220. The molecule has 0 saturated heterocycles. The van der Waals surface area contributed by atoms with Crippen molar-refractivity contribution < 1.29 is 0 Å². The van der Waals surface area contributed by atoms with Gasteiger partial charge in [0.25, 0.3) is 0 Å². The van der Waals surface area contributed by atoms with E-state index >= 15 is 0 Å². The topological polar surface area (TPSA) is 4.93 Å². The van der Waals surface area contributed by atoms with Crippen LogP contribution in [0.3, 0.4) is 0 Å². The van der Waals surface area contributed by atoms with E-state index in [1.807, 2.05) is 0 Å². The lowest BCUT2D eigenvalue weighted by atomic mass is 9.76. The molecule has 1 heterocycles. The molecular formula is C21H37N. The fourth-order valence-electron chi connectivity index (χ4n) is 3.64. The Labute approximate surface area is 138 Å². The zero-order valence-electron chi connectivity index (χ0n) is 15.8. The van der Waals surface area contributed by atoms with Gasteiger partial charge in [-0.05, 0) is 54.6 Å². The van der Waals surface area contributed by atoms with Gasteiger partial charge in [0.1, 0.15) is 0 Å². The zero-order valence-corrected chi connectivity index (χ0v) is 15.8. The third-order valence-corrected chi connectivity index (χ3v) is 4.84. The molecule has 1 heteroatoms. The van der Waals surface area contributed by atoms with Crippen molar-refractivity contribution in [2.75, 3.05) is 0 Å². The third-order valence-electron chi connectivity index (χ3n) is 4.84. The first-order chi connectivity index (χ1) is 10.0. The van der Waals surface area contributed by atoms with Gasteiger partial charge in [-0.3, -0.25) is 0 Å². The molecule has 126 valence electrons. The average Bonchev–Trinajstić information content (AvgIpc) is 2.64. The van der Waals surface area contributed by atoms with Crippen molar-refractivity contribution in [3.63, 3.8) is 0 Å². The SMILES string of the molecule is C=c1ccc(=C)n1CCC(C)(C)CCCC(C)(C)CC(C)C. The van der Waals surface area contributed by atoms with Crippen molar-refractivity contribution in [1.29, 1.82) is 0 Å². The molecule has 0 aliphatic rings. The minimum atomic E-state index is 0.386. The van der Waals surface area contributed by atoms with Crippen molar-refractivity contribution in [3.05, 3.63) is 22.8 Å². The zero-order chi connectivity index (χ0) is 17.0. The van der Waals surface area contributed by atoms with Crippen LogP contribution in [0, 0.1) is 16.7 Å². The molecule has 22 heavy (non-hydrogen) atoms. The van der Waals surface area contributed by atoms with Crippen molar-refractivity contribution in [2.45, 2.75) is 80.2 Å². The first-order valence-corrected chi connectivity index (χ1v) is 8.86. The summed E-state index contributed by atoms with van der Waals surface area (Å²) >= 11 is 0. The standard InChI is InChI=1S/C21H37N/c1-17(2)16-21(7,8)13-9-12-20(5,6)14-15-22-18(3)10-11-19(22)4/h10-11,17H,3-4,9,12-16H2,1-2,5-8H3. The van der Waals surface area contributed by atoms with E-state index in [0.717, 1.165) is 23.2 Å². The highest BCUT2D eigenvalue weighted by atomic mass is 15.0. The van der Waals surface area contributed by atoms with Crippen LogP contribution in [0.2, 0.25) is 0 Å². The predicted octanol–water partition coefficient (Wildman–Crippen LogP) is 4.97. The molecule has 0 aliphatic heterocycles. The Kier molecular flexibility index (Phi) is 6.52. The molecule has 0 saturated carbocycles. The van der Waals surface area contributed by atoms with Crippen molar-refractivity contribution >= 4 is 13.2 Å². The Morgan fingerprint density at radius 3 is 1.91 bits per heavy atom. The number of hydrogen-bond acceptors (Lipinski definition) is 0. The summed E-state index contributed by atoms with van der Waals surface area (Å²) in [5.74, 6) is 0.794. The molecule has 0 fully saturated rings. The van der Waals surface area contributed by atoms with Crippen molar-refractivity contribution in [1.82, 2.24) is 4.57 Å². The van der Waals surface area contributed by atoms with Gasteiger partial charge in [-0.2, -0.15) is 0 Å². The Hall–Kier alpha value is -0.980. The molecule has 0 spiro atoms. The predicted molar refractivity (Wildman–Crippen MR) is 100 cm³/mol. The van der Waals surface area contributed by atoms with Gasteiger partial charge >= 0.3 is 0 Å². The van der Waals surface area contributed by atoms with Gasteiger partial charge in [-0.1, -0.05) is 61.1 Å². The maximum Gasteiger partial charge on any atom is 0.0338 e. The molecule has 0 radical (unpaired) electrons. The molecule has 0 aromatic carbocycles. The molecule has 0 atom stereocenters. The van der Waals surface area contributed by atoms with Crippen LogP contribution in [-0.4, -0.2) is 4.57 Å². The third kappa shape index (κ3) is 6.42. The Morgan fingerprint density at radius 2 is 1.41 bits per heavy atom. The number of hydrogen-bond donors (Lipinski definition) is 0. The number of aromatic nitrogens is 1. The Morgan fingerprint density at radius 1 is 0.909 bits per heavy atom. The van der Waals surface area contributed by atoms with E-state index in [4.69, 9.17) is 0 Å². The van der Waals surface area contributed by atoms with Crippen molar-refractivity contribution in [2.24, 2.45) is 16.7 Å². The highest BCUT2D eigenvalue weighted by Crippen LogP contribution is 2.35. The quantitative estimate of drug-likeness (QED) is 0.607. The maximum atomic E-state index is 4.09. The van der Waals surface area contributed by atoms with Gasteiger partial charge in [0.15, 0.2) is 0 Å². The van der Waals surface area contributed by atoms with Crippen LogP contribution < -0.4 is 10.7 Å². The van der Waals surface area contributed by atoms with Gasteiger partial charge in [0, 0.05) is 17.2 Å².